The van der Waals surface area contributed by atoms with Gasteiger partial charge in [0.2, 0.25) is 0 Å². The molecule has 0 radical (unpaired) electrons. The fourth-order valence-corrected chi connectivity index (χ4v) is 8.63. The Bertz CT molecular complexity index is 814. The van der Waals surface area contributed by atoms with Gasteiger partial charge in [0.1, 0.15) is 6.10 Å². The summed E-state index contributed by atoms with van der Waals surface area (Å²) in [6, 6.07) is 0. The van der Waals surface area contributed by atoms with Crippen LogP contribution in [0.3, 0.4) is 0 Å². The molecule has 0 amide bonds. The molecule has 4 nitrogen and oxygen atoms in total. The predicted octanol–water partition coefficient (Wildman–Crippen LogP) is 6.25. The van der Waals surface area contributed by atoms with Crippen LogP contribution in [0.1, 0.15) is 106 Å². The number of rotatable bonds is 6. The maximum Gasteiger partial charge on any atom is 0.302 e. The van der Waals surface area contributed by atoms with Gasteiger partial charge < -0.3 is 9.84 Å². The van der Waals surface area contributed by atoms with Crippen molar-refractivity contribution < 1.29 is 19.4 Å². The van der Waals surface area contributed by atoms with Crippen molar-refractivity contribution in [1.82, 2.24) is 0 Å². The van der Waals surface area contributed by atoms with E-state index in [0.717, 1.165) is 43.6 Å². The molecule has 1 N–H and O–H groups in total. The quantitative estimate of drug-likeness (QED) is 0.478. The summed E-state index contributed by atoms with van der Waals surface area (Å²) >= 11 is 0. The summed E-state index contributed by atoms with van der Waals surface area (Å²) in [7, 11) is 0. The first-order valence-electron chi connectivity index (χ1n) is 13.6. The Kier molecular flexibility index (Phi) is 6.66. The molecule has 0 saturated heterocycles. The lowest BCUT2D eigenvalue weighted by Crippen LogP contribution is -2.63. The van der Waals surface area contributed by atoms with Gasteiger partial charge in [-0.25, -0.2) is 0 Å². The molecule has 0 aromatic carbocycles. The van der Waals surface area contributed by atoms with E-state index in [1.54, 1.807) is 0 Å². The van der Waals surface area contributed by atoms with E-state index in [4.69, 9.17) is 4.74 Å². The molecule has 0 aliphatic heterocycles. The Morgan fingerprint density at radius 1 is 1.09 bits per heavy atom. The van der Waals surface area contributed by atoms with Gasteiger partial charge in [0, 0.05) is 18.3 Å². The zero-order chi connectivity index (χ0) is 24.2. The number of ether oxygens (including phenoxy) is 1. The Hall–Kier alpha value is -1.16. The van der Waals surface area contributed by atoms with Crippen molar-refractivity contribution in [3.63, 3.8) is 0 Å². The molecule has 186 valence electrons. The number of aliphatic hydroxyl groups is 1. The molecule has 4 rings (SSSR count). The Morgan fingerprint density at radius 2 is 1.82 bits per heavy atom. The number of hydrogen-bond acceptors (Lipinski definition) is 4. The van der Waals surface area contributed by atoms with Crippen molar-refractivity contribution in [1.29, 1.82) is 0 Å². The van der Waals surface area contributed by atoms with Crippen LogP contribution in [-0.2, 0) is 14.3 Å². The Morgan fingerprint density at radius 3 is 2.48 bits per heavy atom. The second-order valence-electron chi connectivity index (χ2n) is 12.9. The maximum absolute atomic E-state index is 13.4. The van der Waals surface area contributed by atoms with Crippen molar-refractivity contribution in [2.45, 2.75) is 117 Å². The van der Waals surface area contributed by atoms with Crippen LogP contribution in [0.2, 0.25) is 0 Å². The largest absolute Gasteiger partial charge is 0.463 e. The summed E-state index contributed by atoms with van der Waals surface area (Å²) in [5.74, 6) is 2.02. The van der Waals surface area contributed by atoms with E-state index in [9.17, 15) is 14.7 Å². The minimum absolute atomic E-state index is 0.145. The molecule has 3 saturated carbocycles. The first-order valence-corrected chi connectivity index (χ1v) is 13.6. The molecule has 8 atom stereocenters. The standard InChI is InChI=1S/C29H46O4/c1-18(2)8-7-9-19(3)22-10-11-23-24-17-26(31)25-16-21(33-20(4)30)12-13-28(25,6)29(24,32)15-14-27(22,23)5/h17-19,21-23,25,32H,7-16H2,1-6H3/t19-,21-,22+,23+,25-,27-,28+,29-/m1/s1. The lowest BCUT2D eigenvalue weighted by molar-refractivity contribution is -0.175. The van der Waals surface area contributed by atoms with Crippen molar-refractivity contribution in [2.75, 3.05) is 0 Å². The van der Waals surface area contributed by atoms with Crippen molar-refractivity contribution in [3.05, 3.63) is 11.6 Å². The SMILES string of the molecule is CC(=O)O[C@@H]1CC[C@@]2(C)[C@H](C1)C(=O)C=C1[C@@H]3CC[C@@H]([C@H](C)CCCC(C)C)[C@@]3(C)CC[C@@]12O. The number of carbonyl (C=O) groups is 2. The minimum Gasteiger partial charge on any atom is -0.463 e. The zero-order valence-corrected chi connectivity index (χ0v) is 21.8. The minimum atomic E-state index is -0.910. The van der Waals surface area contributed by atoms with Crippen LogP contribution in [0.5, 0.6) is 0 Å². The van der Waals surface area contributed by atoms with E-state index in [-0.39, 0.29) is 29.2 Å². The van der Waals surface area contributed by atoms with E-state index in [0.29, 0.717) is 24.2 Å². The summed E-state index contributed by atoms with van der Waals surface area (Å²) in [6.45, 7) is 13.1. The van der Waals surface area contributed by atoms with Gasteiger partial charge >= 0.3 is 5.97 Å². The predicted molar refractivity (Wildman–Crippen MR) is 130 cm³/mol. The molecule has 0 unspecified atom stereocenters. The molecule has 0 heterocycles. The van der Waals surface area contributed by atoms with Crippen molar-refractivity contribution >= 4 is 11.8 Å². The average Bonchev–Trinajstić information content (AvgIpc) is 3.07. The number of carbonyl (C=O) groups excluding carboxylic acids is 2. The van der Waals surface area contributed by atoms with Gasteiger partial charge in [-0.05, 0) is 85.7 Å². The van der Waals surface area contributed by atoms with Crippen molar-refractivity contribution in [3.8, 4) is 0 Å². The van der Waals surface area contributed by atoms with Crippen LogP contribution in [0.15, 0.2) is 11.6 Å². The zero-order valence-electron chi connectivity index (χ0n) is 21.8. The highest BCUT2D eigenvalue weighted by atomic mass is 16.5. The van der Waals surface area contributed by atoms with Crippen molar-refractivity contribution in [2.24, 2.45) is 40.4 Å². The third kappa shape index (κ3) is 4.02. The lowest BCUT2D eigenvalue weighted by Gasteiger charge is -2.61. The fraction of sp³-hybridized carbons (Fsp3) is 0.862. The Balaban J connectivity index is 1.58. The highest BCUT2D eigenvalue weighted by Crippen LogP contribution is 2.68. The highest BCUT2D eigenvalue weighted by molar-refractivity contribution is 5.95. The number of fused-ring (bicyclic) bond motifs is 5. The van der Waals surface area contributed by atoms with Gasteiger partial charge in [0.25, 0.3) is 0 Å². The van der Waals surface area contributed by atoms with E-state index in [1.807, 2.05) is 6.08 Å². The normalized spacial score (nSPS) is 43.4. The molecule has 33 heavy (non-hydrogen) atoms. The summed E-state index contributed by atoms with van der Waals surface area (Å²) in [5, 5.41) is 12.3. The molecule has 0 aromatic heterocycles. The maximum atomic E-state index is 13.4. The first-order chi connectivity index (χ1) is 15.4. The number of allylic oxidation sites excluding steroid dienone is 1. The van der Waals surface area contributed by atoms with Gasteiger partial charge in [0.05, 0.1) is 5.60 Å². The molecule has 0 aromatic rings. The van der Waals surface area contributed by atoms with Gasteiger partial charge in [-0.15, -0.1) is 0 Å². The van der Waals surface area contributed by atoms with Crippen LogP contribution < -0.4 is 0 Å². The van der Waals surface area contributed by atoms with Crippen LogP contribution in [-0.4, -0.2) is 28.6 Å². The number of ketones is 1. The molecule has 4 aliphatic carbocycles. The molecule has 4 heteroatoms. The van der Waals surface area contributed by atoms with E-state index in [1.165, 1.54) is 32.6 Å². The smallest absolute Gasteiger partial charge is 0.302 e. The second-order valence-corrected chi connectivity index (χ2v) is 12.9. The van der Waals surface area contributed by atoms with Crippen LogP contribution in [0.25, 0.3) is 0 Å². The number of hydrogen-bond donors (Lipinski definition) is 1. The molecular weight excluding hydrogens is 412 g/mol. The summed E-state index contributed by atoms with van der Waals surface area (Å²) in [6.07, 6.45) is 11.6. The molecule has 0 bridgehead atoms. The third-order valence-corrected chi connectivity index (χ3v) is 10.6. The van der Waals surface area contributed by atoms with E-state index in [2.05, 4.69) is 34.6 Å². The molecule has 4 aliphatic rings. The summed E-state index contributed by atoms with van der Waals surface area (Å²) < 4.78 is 5.48. The summed E-state index contributed by atoms with van der Waals surface area (Å²) in [4.78, 5) is 24.9. The topological polar surface area (TPSA) is 63.6 Å². The van der Waals surface area contributed by atoms with Gasteiger partial charge in [0.15, 0.2) is 5.78 Å². The molecule has 3 fully saturated rings. The van der Waals surface area contributed by atoms with Gasteiger partial charge in [-0.3, -0.25) is 9.59 Å². The molecule has 0 spiro atoms. The van der Waals surface area contributed by atoms with Crippen LogP contribution in [0, 0.1) is 40.4 Å². The molecular formula is C29H46O4. The Labute approximate surface area is 200 Å². The lowest BCUT2D eigenvalue weighted by atomic mass is 9.45. The first kappa shape index (κ1) is 24.9. The fourth-order valence-electron chi connectivity index (χ4n) is 8.63. The van der Waals surface area contributed by atoms with E-state index >= 15 is 0 Å². The average molecular weight is 459 g/mol. The monoisotopic (exact) mass is 458 g/mol. The van der Waals surface area contributed by atoms with Crippen LogP contribution >= 0.6 is 0 Å². The van der Waals surface area contributed by atoms with Crippen LogP contribution in [0.4, 0.5) is 0 Å². The summed E-state index contributed by atoms with van der Waals surface area (Å²) in [5.41, 5.74) is -0.157. The van der Waals surface area contributed by atoms with Gasteiger partial charge in [-0.2, -0.15) is 0 Å². The van der Waals surface area contributed by atoms with E-state index < -0.39 is 11.0 Å². The number of esters is 1. The highest BCUT2D eigenvalue weighted by Gasteiger charge is 2.66. The van der Waals surface area contributed by atoms with Gasteiger partial charge in [-0.1, -0.05) is 53.9 Å². The third-order valence-electron chi connectivity index (χ3n) is 10.6. The second kappa shape index (κ2) is 8.81.